The number of hydrogen-bond acceptors (Lipinski definition) is 2. The van der Waals surface area contributed by atoms with Gasteiger partial charge in [-0.05, 0) is 31.4 Å². The van der Waals surface area contributed by atoms with Crippen LogP contribution in [0.3, 0.4) is 0 Å². The maximum atomic E-state index is 12.6. The van der Waals surface area contributed by atoms with E-state index in [9.17, 15) is 18.0 Å². The van der Waals surface area contributed by atoms with Crippen LogP contribution in [0.15, 0.2) is 22.8 Å². The quantitative estimate of drug-likeness (QED) is 0.898. The van der Waals surface area contributed by atoms with Crippen molar-refractivity contribution in [2.45, 2.75) is 44.4 Å². The summed E-state index contributed by atoms with van der Waals surface area (Å²) in [5.74, 6) is -0.719. The van der Waals surface area contributed by atoms with E-state index in [1.54, 1.807) is 12.1 Å². The van der Waals surface area contributed by atoms with Crippen LogP contribution in [0.2, 0.25) is 0 Å². The summed E-state index contributed by atoms with van der Waals surface area (Å²) in [6.45, 7) is 0.217. The maximum absolute atomic E-state index is 12.6. The zero-order valence-corrected chi connectivity index (χ0v) is 10.9. The van der Waals surface area contributed by atoms with E-state index in [0.29, 0.717) is 18.6 Å². The average Bonchev–Trinajstić information content (AvgIpc) is 2.89. The van der Waals surface area contributed by atoms with Crippen LogP contribution < -0.4 is 10.6 Å². The Kier molecular flexibility index (Phi) is 4.57. The lowest BCUT2D eigenvalue weighted by Gasteiger charge is -2.30. The van der Waals surface area contributed by atoms with Crippen LogP contribution in [0.25, 0.3) is 0 Å². The molecule has 1 saturated carbocycles. The number of urea groups is 1. The van der Waals surface area contributed by atoms with Gasteiger partial charge in [-0.1, -0.05) is 6.42 Å². The second kappa shape index (κ2) is 6.19. The Labute approximate surface area is 114 Å². The molecule has 1 aromatic rings. The highest BCUT2D eigenvalue weighted by atomic mass is 19.4. The zero-order chi connectivity index (χ0) is 14.6. The third-order valence-electron chi connectivity index (χ3n) is 3.48. The highest BCUT2D eigenvalue weighted by Gasteiger charge is 2.42. The topological polar surface area (TPSA) is 54.3 Å². The van der Waals surface area contributed by atoms with E-state index >= 15 is 0 Å². The summed E-state index contributed by atoms with van der Waals surface area (Å²) >= 11 is 0. The van der Waals surface area contributed by atoms with E-state index < -0.39 is 24.2 Å². The number of alkyl halides is 3. The van der Waals surface area contributed by atoms with Gasteiger partial charge in [-0.25, -0.2) is 4.79 Å². The summed E-state index contributed by atoms with van der Waals surface area (Å²) in [4.78, 5) is 11.6. The number of furan rings is 1. The molecule has 112 valence electrons. The number of carbonyl (C=O) groups is 1. The van der Waals surface area contributed by atoms with Gasteiger partial charge in [0.05, 0.1) is 18.7 Å². The second-order valence-electron chi connectivity index (χ2n) is 5.01. The summed E-state index contributed by atoms with van der Waals surface area (Å²) in [7, 11) is 0. The largest absolute Gasteiger partial charge is 0.467 e. The molecule has 0 bridgehead atoms. The van der Waals surface area contributed by atoms with E-state index in [-0.39, 0.29) is 19.4 Å². The molecule has 1 aliphatic rings. The van der Waals surface area contributed by atoms with Gasteiger partial charge in [-0.3, -0.25) is 0 Å². The highest BCUT2D eigenvalue weighted by molar-refractivity contribution is 5.74. The lowest BCUT2D eigenvalue weighted by molar-refractivity contribution is -0.183. The smallest absolute Gasteiger partial charge is 0.391 e. The third-order valence-corrected chi connectivity index (χ3v) is 3.48. The number of carbonyl (C=O) groups excluding carboxylic acids is 1. The molecule has 20 heavy (non-hydrogen) atoms. The predicted molar refractivity (Wildman–Crippen MR) is 65.9 cm³/mol. The molecule has 0 aliphatic heterocycles. The summed E-state index contributed by atoms with van der Waals surface area (Å²) in [6, 6.07) is 2.52. The van der Waals surface area contributed by atoms with Gasteiger partial charge in [-0.15, -0.1) is 0 Å². The molecule has 1 fully saturated rings. The lowest BCUT2D eigenvalue weighted by Crippen LogP contribution is -2.45. The molecule has 2 amide bonds. The molecule has 0 aromatic carbocycles. The molecule has 0 spiro atoms. The lowest BCUT2D eigenvalue weighted by atomic mass is 9.85. The maximum Gasteiger partial charge on any atom is 0.391 e. The van der Waals surface area contributed by atoms with E-state index in [0.717, 1.165) is 0 Å². The van der Waals surface area contributed by atoms with Crippen LogP contribution in [0.1, 0.15) is 31.4 Å². The van der Waals surface area contributed by atoms with E-state index in [2.05, 4.69) is 10.6 Å². The first-order valence-corrected chi connectivity index (χ1v) is 6.58. The SMILES string of the molecule is O=C(NCc1ccco1)N[C@H]1CCC[C@H](C(F)(F)F)C1. The van der Waals surface area contributed by atoms with Gasteiger partial charge in [0.1, 0.15) is 5.76 Å². The first kappa shape index (κ1) is 14.7. The molecule has 0 saturated heterocycles. The zero-order valence-electron chi connectivity index (χ0n) is 10.9. The number of halogens is 3. The molecule has 0 radical (unpaired) electrons. The Morgan fingerprint density at radius 3 is 2.85 bits per heavy atom. The molecule has 1 aromatic heterocycles. The normalized spacial score (nSPS) is 23.4. The Morgan fingerprint density at radius 2 is 2.20 bits per heavy atom. The standard InChI is InChI=1S/C13H17F3N2O2/c14-13(15,16)9-3-1-4-10(7-9)18-12(19)17-8-11-5-2-6-20-11/h2,5-6,9-10H,1,3-4,7-8H2,(H2,17,18,19)/t9-,10-/m0/s1. The van der Waals surface area contributed by atoms with Gasteiger partial charge in [0.15, 0.2) is 0 Å². The predicted octanol–water partition coefficient (Wildman–Crippen LogP) is 3.20. The summed E-state index contributed by atoms with van der Waals surface area (Å²) < 4.78 is 43.0. The third kappa shape index (κ3) is 4.18. The molecule has 4 nitrogen and oxygen atoms in total. The van der Waals surface area contributed by atoms with Crippen LogP contribution >= 0.6 is 0 Å². The Hall–Kier alpha value is -1.66. The molecule has 2 rings (SSSR count). The van der Waals surface area contributed by atoms with Crippen LogP contribution in [0, 0.1) is 5.92 Å². The summed E-state index contributed by atoms with van der Waals surface area (Å²) in [5, 5.41) is 5.15. The molecular weight excluding hydrogens is 273 g/mol. The molecule has 2 N–H and O–H groups in total. The molecule has 2 atom stereocenters. The Balaban J connectivity index is 1.76. The second-order valence-corrected chi connectivity index (χ2v) is 5.01. The Bertz CT molecular complexity index is 431. The Morgan fingerprint density at radius 1 is 1.40 bits per heavy atom. The van der Waals surface area contributed by atoms with Crippen LogP contribution in [-0.4, -0.2) is 18.2 Å². The van der Waals surface area contributed by atoms with Gasteiger partial charge in [-0.2, -0.15) is 13.2 Å². The van der Waals surface area contributed by atoms with Crippen molar-refractivity contribution in [3.05, 3.63) is 24.2 Å². The van der Waals surface area contributed by atoms with Gasteiger partial charge in [0.2, 0.25) is 0 Å². The van der Waals surface area contributed by atoms with Gasteiger partial charge in [0, 0.05) is 6.04 Å². The average molecular weight is 290 g/mol. The van der Waals surface area contributed by atoms with E-state index in [4.69, 9.17) is 4.42 Å². The highest BCUT2D eigenvalue weighted by Crippen LogP contribution is 2.37. The van der Waals surface area contributed by atoms with Crippen LogP contribution in [0.4, 0.5) is 18.0 Å². The minimum atomic E-state index is -4.18. The minimum absolute atomic E-state index is 0.0440. The van der Waals surface area contributed by atoms with Crippen molar-refractivity contribution in [3.8, 4) is 0 Å². The van der Waals surface area contributed by atoms with Crippen molar-refractivity contribution >= 4 is 6.03 Å². The molecule has 7 heteroatoms. The fourth-order valence-corrected chi connectivity index (χ4v) is 2.44. The van der Waals surface area contributed by atoms with Crippen molar-refractivity contribution in [2.75, 3.05) is 0 Å². The first-order chi connectivity index (χ1) is 9.45. The molecule has 0 unspecified atom stereocenters. The van der Waals surface area contributed by atoms with Crippen molar-refractivity contribution in [3.63, 3.8) is 0 Å². The fourth-order valence-electron chi connectivity index (χ4n) is 2.44. The molecule has 1 aliphatic carbocycles. The van der Waals surface area contributed by atoms with Gasteiger partial charge < -0.3 is 15.1 Å². The van der Waals surface area contributed by atoms with E-state index in [1.165, 1.54) is 6.26 Å². The van der Waals surface area contributed by atoms with Crippen molar-refractivity contribution in [1.29, 1.82) is 0 Å². The van der Waals surface area contributed by atoms with Crippen molar-refractivity contribution < 1.29 is 22.4 Å². The van der Waals surface area contributed by atoms with Crippen molar-refractivity contribution in [1.82, 2.24) is 10.6 Å². The minimum Gasteiger partial charge on any atom is -0.467 e. The number of nitrogens with one attached hydrogen (secondary N) is 2. The monoisotopic (exact) mass is 290 g/mol. The molecular formula is C13H17F3N2O2. The van der Waals surface area contributed by atoms with Gasteiger partial charge >= 0.3 is 12.2 Å². The summed E-state index contributed by atoms with van der Waals surface area (Å²) in [6.07, 6.45) is -1.52. The van der Waals surface area contributed by atoms with E-state index in [1.807, 2.05) is 0 Å². The number of hydrogen-bond donors (Lipinski definition) is 2. The van der Waals surface area contributed by atoms with Crippen LogP contribution in [0.5, 0.6) is 0 Å². The van der Waals surface area contributed by atoms with Gasteiger partial charge in [0.25, 0.3) is 0 Å². The first-order valence-electron chi connectivity index (χ1n) is 6.58. The molecule has 1 heterocycles. The van der Waals surface area contributed by atoms with Crippen LogP contribution in [-0.2, 0) is 6.54 Å². The summed E-state index contributed by atoms with van der Waals surface area (Å²) in [5.41, 5.74) is 0. The number of amides is 2. The number of rotatable bonds is 3. The van der Waals surface area contributed by atoms with Crippen molar-refractivity contribution in [2.24, 2.45) is 5.92 Å². The fraction of sp³-hybridized carbons (Fsp3) is 0.615.